The topological polar surface area (TPSA) is 79.5 Å². The van der Waals surface area contributed by atoms with Gasteiger partial charge in [-0.15, -0.1) is 22.7 Å². The number of thiazole rings is 1. The Bertz CT molecular complexity index is 717. The van der Waals surface area contributed by atoms with Crippen LogP contribution in [0, 0.1) is 6.92 Å². The van der Waals surface area contributed by atoms with Gasteiger partial charge in [0.2, 0.25) is 5.91 Å². The SMILES string of the molecule is Cc1nc(CN2CCN(C(=O)c3cc(C(N)=O)cs3)CC2)cs1. The number of rotatable bonds is 4. The largest absolute Gasteiger partial charge is 0.366 e. The van der Waals surface area contributed by atoms with Crippen molar-refractivity contribution in [2.24, 2.45) is 5.73 Å². The zero-order valence-electron chi connectivity index (χ0n) is 12.8. The van der Waals surface area contributed by atoms with Gasteiger partial charge in [-0.05, 0) is 13.0 Å². The molecule has 2 aromatic heterocycles. The van der Waals surface area contributed by atoms with E-state index in [1.54, 1.807) is 22.8 Å². The maximum absolute atomic E-state index is 12.5. The van der Waals surface area contributed by atoms with E-state index in [0.29, 0.717) is 23.5 Å². The Balaban J connectivity index is 1.55. The number of aromatic nitrogens is 1. The summed E-state index contributed by atoms with van der Waals surface area (Å²) in [5.74, 6) is -0.518. The first-order valence-corrected chi connectivity index (χ1v) is 9.10. The number of amides is 2. The summed E-state index contributed by atoms with van der Waals surface area (Å²) in [6, 6.07) is 1.58. The van der Waals surface area contributed by atoms with E-state index < -0.39 is 5.91 Å². The van der Waals surface area contributed by atoms with Gasteiger partial charge >= 0.3 is 0 Å². The lowest BCUT2D eigenvalue weighted by molar-refractivity contribution is 0.0632. The van der Waals surface area contributed by atoms with Crippen LogP contribution in [0.4, 0.5) is 0 Å². The standard InChI is InChI=1S/C15H18N4O2S2/c1-10-17-12(9-22-10)7-18-2-4-19(5-3-18)15(21)13-6-11(8-23-13)14(16)20/h6,8-9H,2-5,7H2,1H3,(H2,16,20). The lowest BCUT2D eigenvalue weighted by atomic mass is 10.2. The summed E-state index contributed by atoms with van der Waals surface area (Å²) < 4.78 is 0. The highest BCUT2D eigenvalue weighted by Crippen LogP contribution is 2.18. The average molecular weight is 350 g/mol. The Kier molecular flexibility index (Phi) is 4.74. The van der Waals surface area contributed by atoms with E-state index in [1.165, 1.54) is 11.3 Å². The summed E-state index contributed by atoms with van der Waals surface area (Å²) in [6.45, 7) is 5.87. The molecule has 0 atom stereocenters. The Labute approximate surface area is 142 Å². The van der Waals surface area contributed by atoms with Crippen molar-refractivity contribution in [1.82, 2.24) is 14.8 Å². The highest BCUT2D eigenvalue weighted by Gasteiger charge is 2.24. The van der Waals surface area contributed by atoms with Gasteiger partial charge in [-0.3, -0.25) is 14.5 Å². The lowest BCUT2D eigenvalue weighted by Gasteiger charge is -2.34. The molecule has 2 amide bonds. The van der Waals surface area contributed by atoms with Crippen molar-refractivity contribution in [1.29, 1.82) is 0 Å². The van der Waals surface area contributed by atoms with Gasteiger partial charge in [-0.1, -0.05) is 0 Å². The van der Waals surface area contributed by atoms with E-state index in [1.807, 2.05) is 11.8 Å². The summed E-state index contributed by atoms with van der Waals surface area (Å²) in [4.78, 5) is 32.8. The molecule has 3 rings (SSSR count). The minimum atomic E-state index is -0.497. The average Bonchev–Trinajstić information content (AvgIpc) is 3.17. The maximum atomic E-state index is 12.5. The second-order valence-electron chi connectivity index (χ2n) is 5.49. The number of primary amides is 1. The van der Waals surface area contributed by atoms with Crippen molar-refractivity contribution in [2.45, 2.75) is 13.5 Å². The zero-order valence-corrected chi connectivity index (χ0v) is 14.5. The third kappa shape index (κ3) is 3.77. The number of hydrogen-bond donors (Lipinski definition) is 1. The molecule has 0 aromatic carbocycles. The first kappa shape index (κ1) is 16.1. The molecule has 0 bridgehead atoms. The molecule has 122 valence electrons. The zero-order chi connectivity index (χ0) is 16.4. The number of carbonyl (C=O) groups is 2. The number of nitrogens with two attached hydrogens (primary N) is 1. The van der Waals surface area contributed by atoms with Crippen molar-refractivity contribution < 1.29 is 9.59 Å². The van der Waals surface area contributed by atoms with Crippen LogP contribution in [0.3, 0.4) is 0 Å². The third-order valence-electron chi connectivity index (χ3n) is 3.81. The van der Waals surface area contributed by atoms with Gasteiger partial charge in [0, 0.05) is 43.5 Å². The van der Waals surface area contributed by atoms with Crippen LogP contribution in [-0.4, -0.2) is 52.8 Å². The minimum Gasteiger partial charge on any atom is -0.366 e. The first-order chi connectivity index (χ1) is 11.0. The fraction of sp³-hybridized carbons (Fsp3) is 0.400. The Morgan fingerprint density at radius 3 is 2.52 bits per heavy atom. The summed E-state index contributed by atoms with van der Waals surface area (Å²) in [5.41, 5.74) is 6.72. The molecule has 2 N–H and O–H groups in total. The highest BCUT2D eigenvalue weighted by molar-refractivity contribution is 7.12. The van der Waals surface area contributed by atoms with Gasteiger partial charge in [-0.25, -0.2) is 4.98 Å². The fourth-order valence-corrected chi connectivity index (χ4v) is 4.02. The number of piperazine rings is 1. The molecule has 0 unspecified atom stereocenters. The molecule has 0 saturated carbocycles. The molecule has 0 aliphatic carbocycles. The van der Waals surface area contributed by atoms with Crippen LogP contribution in [-0.2, 0) is 6.54 Å². The molecule has 1 aliphatic heterocycles. The number of aryl methyl sites for hydroxylation is 1. The summed E-state index contributed by atoms with van der Waals surface area (Å²) in [6.07, 6.45) is 0. The van der Waals surface area contributed by atoms with Crippen LogP contribution in [0.1, 0.15) is 30.7 Å². The van der Waals surface area contributed by atoms with Crippen molar-refractivity contribution in [3.8, 4) is 0 Å². The normalized spacial score (nSPS) is 15.8. The monoisotopic (exact) mass is 350 g/mol. The van der Waals surface area contributed by atoms with Gasteiger partial charge < -0.3 is 10.6 Å². The maximum Gasteiger partial charge on any atom is 0.264 e. The van der Waals surface area contributed by atoms with Gasteiger partial charge in [0.15, 0.2) is 0 Å². The molecule has 0 spiro atoms. The van der Waals surface area contributed by atoms with Crippen LogP contribution in [0.25, 0.3) is 0 Å². The van der Waals surface area contributed by atoms with E-state index >= 15 is 0 Å². The van der Waals surface area contributed by atoms with Gasteiger partial charge in [0.1, 0.15) is 0 Å². The van der Waals surface area contributed by atoms with Crippen molar-refractivity contribution in [3.63, 3.8) is 0 Å². The van der Waals surface area contributed by atoms with Crippen molar-refractivity contribution >= 4 is 34.5 Å². The molecular weight excluding hydrogens is 332 g/mol. The van der Waals surface area contributed by atoms with Crippen LogP contribution in [0.5, 0.6) is 0 Å². The lowest BCUT2D eigenvalue weighted by Crippen LogP contribution is -2.48. The molecular formula is C15H18N4O2S2. The summed E-state index contributed by atoms with van der Waals surface area (Å²) >= 11 is 2.93. The van der Waals surface area contributed by atoms with Crippen LogP contribution in [0.2, 0.25) is 0 Å². The van der Waals surface area contributed by atoms with Gasteiger partial charge in [-0.2, -0.15) is 0 Å². The van der Waals surface area contributed by atoms with Crippen LogP contribution < -0.4 is 5.73 Å². The predicted molar refractivity (Wildman–Crippen MR) is 90.9 cm³/mol. The first-order valence-electron chi connectivity index (χ1n) is 7.34. The molecule has 3 heterocycles. The van der Waals surface area contributed by atoms with Crippen molar-refractivity contribution in [2.75, 3.05) is 26.2 Å². The quantitative estimate of drug-likeness (QED) is 0.908. The van der Waals surface area contributed by atoms with E-state index in [4.69, 9.17) is 5.73 Å². The van der Waals surface area contributed by atoms with Crippen LogP contribution >= 0.6 is 22.7 Å². The molecule has 2 aromatic rings. The molecule has 1 aliphatic rings. The number of thiophene rings is 1. The predicted octanol–water partition coefficient (Wildman–Crippen LogP) is 1.57. The Morgan fingerprint density at radius 2 is 1.96 bits per heavy atom. The van der Waals surface area contributed by atoms with Gasteiger partial charge in [0.05, 0.1) is 21.1 Å². The van der Waals surface area contributed by atoms with E-state index in [9.17, 15) is 9.59 Å². The summed E-state index contributed by atoms with van der Waals surface area (Å²) in [5, 5.41) is 4.80. The molecule has 8 heteroatoms. The third-order valence-corrected chi connectivity index (χ3v) is 5.55. The Morgan fingerprint density at radius 1 is 1.22 bits per heavy atom. The van der Waals surface area contributed by atoms with Crippen molar-refractivity contribution in [3.05, 3.63) is 38.0 Å². The second kappa shape index (κ2) is 6.77. The van der Waals surface area contributed by atoms with E-state index in [-0.39, 0.29) is 5.91 Å². The smallest absolute Gasteiger partial charge is 0.264 e. The van der Waals surface area contributed by atoms with E-state index in [2.05, 4.69) is 15.3 Å². The highest BCUT2D eigenvalue weighted by atomic mass is 32.1. The van der Waals surface area contributed by atoms with E-state index in [0.717, 1.165) is 30.3 Å². The molecule has 1 fully saturated rings. The fourth-order valence-electron chi connectivity index (χ4n) is 2.55. The number of hydrogen-bond acceptors (Lipinski definition) is 6. The minimum absolute atomic E-state index is 0.0216. The molecule has 6 nitrogen and oxygen atoms in total. The molecule has 0 radical (unpaired) electrons. The Hall–Kier alpha value is -1.77. The number of carbonyl (C=O) groups excluding carboxylic acids is 2. The molecule has 23 heavy (non-hydrogen) atoms. The second-order valence-corrected chi connectivity index (χ2v) is 7.46. The summed E-state index contributed by atoms with van der Waals surface area (Å²) in [7, 11) is 0. The number of nitrogens with zero attached hydrogens (tertiary/aromatic N) is 3. The van der Waals surface area contributed by atoms with Gasteiger partial charge in [0.25, 0.3) is 5.91 Å². The van der Waals surface area contributed by atoms with Crippen LogP contribution in [0.15, 0.2) is 16.8 Å². The molecule has 1 saturated heterocycles.